The number of nitrogens with zero attached hydrogens (tertiary/aromatic N) is 3. The largest absolute Gasteiger partial charge is 2.00 e. The molecule has 0 fully saturated rings. The molecule has 0 aliphatic carbocycles. The number of hydrogen-bond donors (Lipinski definition) is 1. The minimum absolute atomic E-state index is 0. The van der Waals surface area contributed by atoms with Gasteiger partial charge in [0.2, 0.25) is 5.91 Å². The van der Waals surface area contributed by atoms with Gasteiger partial charge in [0.05, 0.1) is 23.4 Å². The summed E-state index contributed by atoms with van der Waals surface area (Å²) in [7, 11) is 1.45. The molecule has 2 aromatic heterocycles. The molecule has 0 saturated heterocycles. The maximum atomic E-state index is 14.4. The molecule has 1 N–H and O–H groups in total. The number of rotatable bonds is 7. The van der Waals surface area contributed by atoms with Crippen LogP contribution in [0.5, 0.6) is 5.75 Å². The number of nitrogens with one attached hydrogen (secondary N) is 1. The van der Waals surface area contributed by atoms with Gasteiger partial charge in [-0.15, -0.1) is 0 Å². The molecule has 0 radical (unpaired) electrons. The smallest absolute Gasteiger partial charge is 0.496 e. The minimum Gasteiger partial charge on any atom is -0.496 e. The van der Waals surface area contributed by atoms with Crippen molar-refractivity contribution in [2.45, 2.75) is 34.1 Å². The molecule has 3 aromatic rings. The number of allylic oxidation sites excluding steroid dienone is 6. The Morgan fingerprint density at radius 2 is 1.95 bits per heavy atom. The van der Waals surface area contributed by atoms with Crippen LogP contribution < -0.4 is 10.1 Å². The monoisotopic (exact) mass is 996 g/mol. The van der Waals surface area contributed by atoms with Gasteiger partial charge in [0, 0.05) is 17.5 Å². The van der Waals surface area contributed by atoms with Crippen LogP contribution in [0, 0.1) is 102 Å². The van der Waals surface area contributed by atoms with Gasteiger partial charge < -0.3 is 17.5 Å². The van der Waals surface area contributed by atoms with Gasteiger partial charge in [-0.1, -0.05) is 38.8 Å². The Morgan fingerprint density at radius 1 is 1.26 bits per heavy atom. The van der Waals surface area contributed by atoms with Crippen LogP contribution >= 0.6 is 11.3 Å². The number of hydrogen-bond acceptors (Lipinski definition) is 6. The molecular weight excluding hydrogens is 963 g/mol. The summed E-state index contributed by atoms with van der Waals surface area (Å²) in [5, 5.41) is 10.1. The molecule has 0 bridgehead atoms. The summed E-state index contributed by atoms with van der Waals surface area (Å²) >= 11 is 1.06. The fraction of sp³-hybridized carbons (Fsp3) is 0.207. The summed E-state index contributed by atoms with van der Waals surface area (Å²) in [5.74, 6) is -0.620. The van der Waals surface area contributed by atoms with Crippen LogP contribution in [0.1, 0.15) is 43.2 Å². The summed E-state index contributed by atoms with van der Waals surface area (Å²) in [5.41, 5.74) is 7.45. The van der Waals surface area contributed by atoms with E-state index in [0.29, 0.717) is 22.1 Å². The van der Waals surface area contributed by atoms with Crippen molar-refractivity contribution < 1.29 is 76.1 Å². The number of amides is 1. The number of pyridine rings is 1. The van der Waals surface area contributed by atoms with Crippen molar-refractivity contribution in [3.63, 3.8) is 0 Å². The number of benzene rings is 1. The number of carbonyl (C=O) groups excluding carboxylic acids is 1. The number of aryl methyl sites for hydroxylation is 1. The zero-order chi connectivity index (χ0) is 26.7. The fourth-order valence-electron chi connectivity index (χ4n) is 2.92. The first-order chi connectivity index (χ1) is 17.2. The maximum Gasteiger partial charge on any atom is 2.00 e. The van der Waals surface area contributed by atoms with Gasteiger partial charge in [-0.3, -0.25) is 26.2 Å². The molecule has 6 nitrogen and oxygen atoms in total. The summed E-state index contributed by atoms with van der Waals surface area (Å²) < 4.78 is 19.7. The molecule has 0 saturated carbocycles. The van der Waals surface area contributed by atoms with Gasteiger partial charge in [0.15, 0.2) is 0 Å². The first-order valence-electron chi connectivity index (χ1n) is 11.2. The van der Waals surface area contributed by atoms with E-state index in [1.807, 2.05) is 25.2 Å². The van der Waals surface area contributed by atoms with Crippen LogP contribution in [0.25, 0.3) is 11.1 Å². The molecule has 0 spiro atoms. The fourth-order valence-corrected chi connectivity index (χ4v) is 3.31. The van der Waals surface area contributed by atoms with Gasteiger partial charge in [-0.25, -0.2) is 32.8 Å². The summed E-state index contributed by atoms with van der Waals surface area (Å²) in [4.78, 5) is 16.7. The number of aromatic nitrogens is 3. The quantitative estimate of drug-likeness (QED) is 0.197. The summed E-state index contributed by atoms with van der Waals surface area (Å²) in [6.45, 7) is 15.8. The molecule has 0 atom stereocenters. The molecule has 10 heteroatoms. The van der Waals surface area contributed by atoms with Crippen molar-refractivity contribution in [1.82, 2.24) is 15.2 Å². The third kappa shape index (κ3) is 12.1. The topological polar surface area (TPSA) is 77.0 Å². The predicted octanol–water partition coefficient (Wildman–Crippen LogP) is 7.44. The van der Waals surface area contributed by atoms with Crippen LogP contribution in [0.3, 0.4) is 0 Å². The molecule has 1 amide bonds. The van der Waals surface area contributed by atoms with E-state index in [2.05, 4.69) is 53.7 Å². The number of methoxy groups -OCH3 is 1. The Hall–Kier alpha value is -1.81. The number of halogens is 1. The van der Waals surface area contributed by atoms with E-state index in [4.69, 9.17) is 4.74 Å². The van der Waals surface area contributed by atoms with Crippen LogP contribution in [0.4, 0.5) is 9.52 Å². The van der Waals surface area contributed by atoms with Crippen LogP contribution in [0.2, 0.25) is 0 Å². The van der Waals surface area contributed by atoms with E-state index in [-0.39, 0.29) is 80.8 Å². The van der Waals surface area contributed by atoms with Crippen molar-refractivity contribution in [3.8, 4) is 16.9 Å². The van der Waals surface area contributed by atoms with Gasteiger partial charge >= 0.3 is 62.2 Å². The average Bonchev–Trinajstić information content (AvgIpc) is 3.39. The second-order valence-electron chi connectivity index (χ2n) is 7.70. The van der Waals surface area contributed by atoms with E-state index in [9.17, 15) is 9.18 Å². The SMILES string of the molecule is COc1cccc(F)c1-c1cc(C)ncc1C(=O)Nc1nn[c-]s1.[CH2-]C(/C=C\C([CH2-])=C(\C)CC)=C/C.[CH3-].[U+2].[U+2]. The Bertz CT molecular complexity index is 1280. The Morgan fingerprint density at radius 3 is 2.51 bits per heavy atom. The first-order valence-corrected chi connectivity index (χ1v) is 12.0. The van der Waals surface area contributed by atoms with Crippen LogP contribution in [-0.4, -0.2) is 28.2 Å². The van der Waals surface area contributed by atoms with E-state index < -0.39 is 11.7 Å². The zero-order valence-corrected chi connectivity index (χ0v) is 32.3. The van der Waals surface area contributed by atoms with Gasteiger partial charge in [0.1, 0.15) is 11.6 Å². The molecule has 202 valence electrons. The summed E-state index contributed by atoms with van der Waals surface area (Å²) in [6.07, 6.45) is 8.44. The Balaban J connectivity index is 0. The Kier molecular flexibility index (Phi) is 20.3. The third-order valence-corrected chi connectivity index (χ3v) is 5.79. The number of ether oxygens (including phenoxy) is 1. The second-order valence-corrected chi connectivity index (χ2v) is 8.47. The predicted molar refractivity (Wildman–Crippen MR) is 151 cm³/mol. The van der Waals surface area contributed by atoms with Crippen LogP contribution in [0.15, 0.2) is 65.4 Å². The van der Waals surface area contributed by atoms with Crippen molar-refractivity contribution >= 4 is 22.4 Å². The van der Waals surface area contributed by atoms with Crippen molar-refractivity contribution in [2.24, 2.45) is 0 Å². The molecule has 0 aliphatic rings. The molecule has 1 aromatic carbocycles. The summed E-state index contributed by atoms with van der Waals surface area (Å²) in [6, 6.07) is 6.13. The van der Waals surface area contributed by atoms with Crippen molar-refractivity contribution in [1.29, 1.82) is 0 Å². The number of carbonyl (C=O) groups is 1. The van der Waals surface area contributed by atoms with E-state index in [1.165, 1.54) is 24.9 Å². The van der Waals surface area contributed by atoms with Crippen molar-refractivity contribution in [2.75, 3.05) is 12.4 Å². The second kappa shape index (κ2) is 20.1. The minimum atomic E-state index is -0.488. The molecule has 0 aliphatic heterocycles. The average molecular weight is 997 g/mol. The molecule has 39 heavy (non-hydrogen) atoms. The normalized spacial score (nSPS) is 11.1. The molecule has 0 unspecified atom stereocenters. The molecular formula is C29H33FN4O2SU2. The van der Waals surface area contributed by atoms with Gasteiger partial charge in [-0.05, 0) is 25.1 Å². The van der Waals surface area contributed by atoms with E-state index >= 15 is 0 Å². The first kappa shape index (κ1) is 39.3. The molecule has 2 heterocycles. The van der Waals surface area contributed by atoms with Gasteiger partial charge in [0.25, 0.3) is 0 Å². The van der Waals surface area contributed by atoms with Crippen LogP contribution in [-0.2, 0) is 0 Å². The van der Waals surface area contributed by atoms with E-state index in [1.54, 1.807) is 25.1 Å². The van der Waals surface area contributed by atoms with E-state index in [0.717, 1.165) is 28.9 Å². The Labute approximate surface area is 283 Å². The van der Waals surface area contributed by atoms with Gasteiger partial charge in [-0.2, -0.15) is 25.5 Å². The molecule has 3 rings (SSSR count). The third-order valence-electron chi connectivity index (χ3n) is 5.24. The number of anilines is 1. The maximum absolute atomic E-state index is 14.4. The van der Waals surface area contributed by atoms with Crippen molar-refractivity contribution in [3.05, 3.63) is 109 Å². The standard InChI is InChI=1S/C16H12FN4O2S.C12H18.CH3.2U/c1-9-6-10(14-12(17)4-3-5-13(14)23-2)11(7-18-9)15(22)20-16-21-19-8-24-16;1-6-10(3)8-9-12(5)11(4)7-2;;;/h3-7H,1-2H3,(H,20,21,22);6,8-9H,3,5,7H2,1-2,4H3;1H3;;/q-1;-2;-1;2*+2/b;9-8-,10-6-,12-11-;;;. The zero-order valence-electron chi connectivity index (χ0n) is 23.2.